The average molecular weight is 363 g/mol. The number of thiazole rings is 1. The van der Waals surface area contributed by atoms with Gasteiger partial charge in [-0.25, -0.2) is 9.97 Å². The van der Waals surface area contributed by atoms with E-state index in [0.717, 1.165) is 41.3 Å². The first-order valence-corrected chi connectivity index (χ1v) is 9.54. The minimum Gasteiger partial charge on any atom is -0.441 e. The Morgan fingerprint density at radius 3 is 2.88 bits per heavy atom. The van der Waals surface area contributed by atoms with Gasteiger partial charge in [-0.15, -0.1) is 0 Å². The van der Waals surface area contributed by atoms with Crippen molar-refractivity contribution in [3.63, 3.8) is 0 Å². The fourth-order valence-electron chi connectivity index (χ4n) is 3.63. The maximum atomic E-state index is 9.45. The Bertz CT molecular complexity index is 1120. The van der Waals surface area contributed by atoms with Gasteiger partial charge < -0.3 is 9.73 Å². The summed E-state index contributed by atoms with van der Waals surface area (Å²) in [6.45, 7) is 3.92. The third-order valence-electron chi connectivity index (χ3n) is 4.94. The molecule has 7 heteroatoms. The lowest BCUT2D eigenvalue weighted by Crippen LogP contribution is -2.26. The zero-order chi connectivity index (χ0) is 17.7. The number of nitrogens with zero attached hydrogens (tertiary/aromatic N) is 4. The number of imidazole rings is 1. The number of aromatic nitrogens is 3. The Morgan fingerprint density at radius 2 is 2.12 bits per heavy atom. The number of hydrogen-bond donors (Lipinski definition) is 1. The summed E-state index contributed by atoms with van der Waals surface area (Å²) < 4.78 is 7.74. The van der Waals surface area contributed by atoms with Gasteiger partial charge in [0.25, 0.3) is 0 Å². The molecule has 1 aliphatic heterocycles. The molecular formula is C19H17N5OS. The molecule has 6 nitrogen and oxygen atoms in total. The zero-order valence-corrected chi connectivity index (χ0v) is 15.1. The molecule has 4 heterocycles. The van der Waals surface area contributed by atoms with E-state index in [1.807, 2.05) is 12.1 Å². The lowest BCUT2D eigenvalue weighted by molar-refractivity contribution is 0.454. The quantitative estimate of drug-likeness (QED) is 0.585. The van der Waals surface area contributed by atoms with Crippen molar-refractivity contribution >= 4 is 27.4 Å². The van der Waals surface area contributed by atoms with Crippen molar-refractivity contribution in [2.24, 2.45) is 0 Å². The fraction of sp³-hybridized carbons (Fsp3) is 0.316. The van der Waals surface area contributed by atoms with Gasteiger partial charge in [0.05, 0.1) is 16.1 Å². The Morgan fingerprint density at radius 1 is 1.27 bits per heavy atom. The molecule has 0 aliphatic carbocycles. The molecule has 3 aromatic heterocycles. The number of nitriles is 1. The molecule has 1 fully saturated rings. The molecule has 1 aliphatic rings. The molecule has 1 aromatic carbocycles. The van der Waals surface area contributed by atoms with Crippen LogP contribution in [0.2, 0.25) is 0 Å². The minimum atomic E-state index is 0.538. The summed E-state index contributed by atoms with van der Waals surface area (Å²) in [6.07, 6.45) is 6.52. The Labute approximate surface area is 154 Å². The smallest absolute Gasteiger partial charge is 0.194 e. The van der Waals surface area contributed by atoms with Crippen molar-refractivity contribution in [1.82, 2.24) is 19.7 Å². The van der Waals surface area contributed by atoms with Crippen LogP contribution in [0.3, 0.4) is 0 Å². The number of rotatable bonds is 2. The molecule has 26 heavy (non-hydrogen) atoms. The highest BCUT2D eigenvalue weighted by molar-refractivity contribution is 7.20. The van der Waals surface area contributed by atoms with E-state index in [1.165, 1.54) is 5.69 Å². The number of hydrogen-bond acceptors (Lipinski definition) is 6. The fourth-order valence-corrected chi connectivity index (χ4v) is 4.59. The van der Waals surface area contributed by atoms with Gasteiger partial charge in [-0.2, -0.15) is 5.26 Å². The standard InChI is InChI=1S/C19H17N5OS/c1-11-22-18-14(8-20)6-13(7-16(18)25-11)17-10-24-9-15(23-19(24)26-17)12-2-4-21-5-3-12/h6-7,9-10,12,21H,2-5H2,1H3. The number of nitrogens with one attached hydrogen (secondary N) is 1. The second-order valence-electron chi connectivity index (χ2n) is 6.69. The monoisotopic (exact) mass is 363 g/mol. The van der Waals surface area contributed by atoms with Gasteiger partial charge in [-0.05, 0) is 43.6 Å². The minimum absolute atomic E-state index is 0.538. The highest BCUT2D eigenvalue weighted by Crippen LogP contribution is 2.34. The average Bonchev–Trinajstić information content (AvgIpc) is 3.33. The lowest BCUT2D eigenvalue weighted by atomic mass is 9.95. The van der Waals surface area contributed by atoms with Gasteiger partial charge in [-0.3, -0.25) is 4.40 Å². The van der Waals surface area contributed by atoms with Crippen LogP contribution in [0.4, 0.5) is 0 Å². The van der Waals surface area contributed by atoms with E-state index < -0.39 is 0 Å². The summed E-state index contributed by atoms with van der Waals surface area (Å²) in [5.41, 5.74) is 3.96. The molecule has 0 spiro atoms. The topological polar surface area (TPSA) is 79.2 Å². The highest BCUT2D eigenvalue weighted by Gasteiger charge is 2.19. The van der Waals surface area contributed by atoms with Gasteiger partial charge in [-0.1, -0.05) is 11.3 Å². The molecule has 1 N–H and O–H groups in total. The normalized spacial score (nSPS) is 15.7. The van der Waals surface area contributed by atoms with Crippen LogP contribution < -0.4 is 5.32 Å². The van der Waals surface area contributed by atoms with Crippen LogP contribution in [0.15, 0.2) is 28.9 Å². The van der Waals surface area contributed by atoms with Gasteiger partial charge >= 0.3 is 0 Å². The molecule has 130 valence electrons. The molecule has 4 aromatic rings. The second kappa shape index (κ2) is 5.94. The van der Waals surface area contributed by atoms with Crippen LogP contribution >= 0.6 is 11.3 Å². The predicted molar refractivity (Wildman–Crippen MR) is 100 cm³/mol. The van der Waals surface area contributed by atoms with Crippen LogP contribution in [0.25, 0.3) is 26.5 Å². The summed E-state index contributed by atoms with van der Waals surface area (Å²) >= 11 is 1.63. The number of oxazole rings is 1. The van der Waals surface area contributed by atoms with E-state index in [1.54, 1.807) is 18.3 Å². The first kappa shape index (κ1) is 15.6. The molecule has 0 radical (unpaired) electrons. The predicted octanol–water partition coefficient (Wildman–Crippen LogP) is 3.85. The van der Waals surface area contributed by atoms with Crippen LogP contribution in [-0.4, -0.2) is 27.5 Å². The van der Waals surface area contributed by atoms with E-state index in [0.29, 0.717) is 28.5 Å². The summed E-state index contributed by atoms with van der Waals surface area (Å²) in [5, 5.41) is 12.8. The van der Waals surface area contributed by atoms with E-state index in [9.17, 15) is 5.26 Å². The van der Waals surface area contributed by atoms with Gasteiger partial charge in [0.1, 0.15) is 11.6 Å². The van der Waals surface area contributed by atoms with Crippen molar-refractivity contribution in [1.29, 1.82) is 5.26 Å². The maximum Gasteiger partial charge on any atom is 0.194 e. The summed E-state index contributed by atoms with van der Waals surface area (Å²) in [5.74, 6) is 1.12. The second-order valence-corrected chi connectivity index (χ2v) is 7.70. The largest absolute Gasteiger partial charge is 0.441 e. The van der Waals surface area contributed by atoms with Crippen LogP contribution in [0.5, 0.6) is 0 Å². The summed E-state index contributed by atoms with van der Waals surface area (Å²) in [7, 11) is 0. The first-order chi connectivity index (χ1) is 12.7. The highest BCUT2D eigenvalue weighted by atomic mass is 32.1. The van der Waals surface area contributed by atoms with Crippen LogP contribution in [-0.2, 0) is 0 Å². The van der Waals surface area contributed by atoms with E-state index in [2.05, 4.69) is 33.2 Å². The number of piperidine rings is 1. The molecular weight excluding hydrogens is 346 g/mol. The van der Waals surface area contributed by atoms with E-state index >= 15 is 0 Å². The molecule has 0 saturated carbocycles. The van der Waals surface area contributed by atoms with Crippen molar-refractivity contribution in [2.75, 3.05) is 13.1 Å². The van der Waals surface area contributed by atoms with Crippen LogP contribution in [0, 0.1) is 18.3 Å². The van der Waals surface area contributed by atoms with Gasteiger partial charge in [0.15, 0.2) is 16.4 Å². The molecule has 5 rings (SSSR count). The SMILES string of the molecule is Cc1nc2c(C#N)cc(-c3cn4cc(C5CCNCC5)nc4s3)cc2o1. The number of fused-ring (bicyclic) bond motifs is 2. The first-order valence-electron chi connectivity index (χ1n) is 8.72. The van der Waals surface area contributed by atoms with E-state index in [4.69, 9.17) is 9.40 Å². The third-order valence-corrected chi connectivity index (χ3v) is 5.98. The molecule has 0 bridgehead atoms. The molecule has 1 saturated heterocycles. The van der Waals surface area contributed by atoms with Gasteiger partial charge in [0.2, 0.25) is 0 Å². The van der Waals surface area contributed by atoms with E-state index in [-0.39, 0.29) is 0 Å². The molecule has 0 amide bonds. The third kappa shape index (κ3) is 2.50. The van der Waals surface area contributed by atoms with Crippen molar-refractivity contribution < 1.29 is 4.42 Å². The lowest BCUT2D eigenvalue weighted by Gasteiger charge is -2.20. The van der Waals surface area contributed by atoms with Crippen molar-refractivity contribution in [2.45, 2.75) is 25.7 Å². The number of benzene rings is 1. The van der Waals surface area contributed by atoms with Gasteiger partial charge in [0, 0.05) is 25.2 Å². The van der Waals surface area contributed by atoms with Crippen molar-refractivity contribution in [3.05, 3.63) is 41.7 Å². The summed E-state index contributed by atoms with van der Waals surface area (Å²) in [6, 6.07) is 6.06. The zero-order valence-electron chi connectivity index (χ0n) is 14.3. The Hall–Kier alpha value is -2.69. The molecule has 0 atom stereocenters. The molecule has 0 unspecified atom stereocenters. The maximum absolute atomic E-state index is 9.45. The Kier molecular flexibility index (Phi) is 3.55. The number of aryl methyl sites for hydroxylation is 1. The van der Waals surface area contributed by atoms with Crippen molar-refractivity contribution in [3.8, 4) is 16.5 Å². The summed E-state index contributed by atoms with van der Waals surface area (Å²) in [4.78, 5) is 11.2. The van der Waals surface area contributed by atoms with Crippen LogP contribution in [0.1, 0.15) is 35.9 Å². The Balaban J connectivity index is 1.55.